The molecule has 0 aliphatic heterocycles. The molecule has 2 amide bonds. The predicted molar refractivity (Wildman–Crippen MR) is 61.4 cm³/mol. The number of carbonyl (C=O) groups excluding carboxylic acids is 2. The van der Waals surface area contributed by atoms with Gasteiger partial charge in [-0.3, -0.25) is 9.59 Å². The molecule has 1 fully saturated rings. The summed E-state index contributed by atoms with van der Waals surface area (Å²) in [6.45, 7) is -0.00765. The van der Waals surface area contributed by atoms with E-state index in [4.69, 9.17) is 10.9 Å². The molecule has 0 heterocycles. The maximum Gasteiger partial charge on any atom is 0.241 e. The maximum absolute atomic E-state index is 12.1. The molecule has 0 unspecified atom stereocenters. The molecule has 1 aliphatic carbocycles. The van der Waals surface area contributed by atoms with Gasteiger partial charge in [0.2, 0.25) is 11.8 Å². The summed E-state index contributed by atoms with van der Waals surface area (Å²) in [5.41, 5.74) is 4.61. The smallest absolute Gasteiger partial charge is 0.241 e. The van der Waals surface area contributed by atoms with Crippen molar-refractivity contribution in [2.45, 2.75) is 12.8 Å². The topological polar surface area (TPSA) is 99.2 Å². The van der Waals surface area contributed by atoms with Gasteiger partial charge in [0.15, 0.2) is 5.84 Å². The van der Waals surface area contributed by atoms with E-state index < -0.39 is 5.41 Å². The lowest BCUT2D eigenvalue weighted by atomic mass is 10.0. The highest BCUT2D eigenvalue weighted by Gasteiger charge is 2.55. The van der Waals surface area contributed by atoms with E-state index >= 15 is 0 Å². The third kappa shape index (κ3) is 2.48. The van der Waals surface area contributed by atoms with E-state index in [1.165, 1.54) is 16.8 Å². The molecule has 0 saturated heterocycles. The van der Waals surface area contributed by atoms with Gasteiger partial charge in [-0.1, -0.05) is 5.16 Å². The molecule has 96 valence electrons. The fourth-order valence-electron chi connectivity index (χ4n) is 1.58. The molecule has 0 atom stereocenters. The number of amidine groups is 1. The highest BCUT2D eigenvalue weighted by Crippen LogP contribution is 2.47. The molecular weight excluding hydrogens is 224 g/mol. The third-order valence-electron chi connectivity index (χ3n) is 2.98. The van der Waals surface area contributed by atoms with Crippen LogP contribution in [0.2, 0.25) is 0 Å². The van der Waals surface area contributed by atoms with Gasteiger partial charge in [0.05, 0.1) is 6.54 Å². The summed E-state index contributed by atoms with van der Waals surface area (Å²) in [4.78, 5) is 26.3. The third-order valence-corrected chi connectivity index (χ3v) is 2.98. The van der Waals surface area contributed by atoms with Crippen molar-refractivity contribution in [3.63, 3.8) is 0 Å². The Morgan fingerprint density at radius 3 is 2.24 bits per heavy atom. The van der Waals surface area contributed by atoms with Crippen LogP contribution in [-0.2, 0) is 9.59 Å². The summed E-state index contributed by atoms with van der Waals surface area (Å²) >= 11 is 0. The highest BCUT2D eigenvalue weighted by atomic mass is 16.4. The Hall–Kier alpha value is -1.79. The Morgan fingerprint density at radius 1 is 1.35 bits per heavy atom. The predicted octanol–water partition coefficient (Wildman–Crippen LogP) is -0.940. The van der Waals surface area contributed by atoms with E-state index in [-0.39, 0.29) is 24.2 Å². The summed E-state index contributed by atoms with van der Waals surface area (Å²) < 4.78 is 0. The van der Waals surface area contributed by atoms with Gasteiger partial charge in [0.1, 0.15) is 5.41 Å². The first kappa shape index (κ1) is 13.3. The Bertz CT molecular complexity index is 361. The average molecular weight is 242 g/mol. The van der Waals surface area contributed by atoms with Crippen molar-refractivity contribution in [3.05, 3.63) is 0 Å². The number of rotatable bonds is 4. The van der Waals surface area contributed by atoms with E-state index in [1.54, 1.807) is 14.1 Å². The molecular formula is C10H18N4O3. The first-order chi connectivity index (χ1) is 7.85. The average Bonchev–Trinajstić information content (AvgIpc) is 3.07. The molecule has 0 aromatic rings. The number of amides is 2. The molecule has 7 nitrogen and oxygen atoms in total. The number of oxime groups is 1. The second-order valence-corrected chi connectivity index (χ2v) is 4.52. The van der Waals surface area contributed by atoms with Gasteiger partial charge in [-0.15, -0.1) is 0 Å². The zero-order valence-corrected chi connectivity index (χ0v) is 10.3. The van der Waals surface area contributed by atoms with Crippen molar-refractivity contribution in [1.29, 1.82) is 0 Å². The molecule has 0 spiro atoms. The Balaban J connectivity index is 2.68. The monoisotopic (exact) mass is 242 g/mol. The Labute approximate surface area is 99.8 Å². The lowest BCUT2D eigenvalue weighted by Crippen LogP contribution is -2.45. The van der Waals surface area contributed by atoms with E-state index in [9.17, 15) is 9.59 Å². The van der Waals surface area contributed by atoms with Gasteiger partial charge in [-0.25, -0.2) is 0 Å². The lowest BCUT2D eigenvalue weighted by molar-refractivity contribution is -0.140. The SMILES string of the molecule is CN(C)C(=O)CN(C)C(=O)C1(C(N)=NO)CC1. The number of likely N-dealkylation sites (N-methyl/N-ethyl adjacent to an activating group) is 2. The van der Waals surface area contributed by atoms with Gasteiger partial charge < -0.3 is 20.7 Å². The molecule has 3 N–H and O–H groups in total. The summed E-state index contributed by atoms with van der Waals surface area (Å²) in [6, 6.07) is 0. The lowest BCUT2D eigenvalue weighted by Gasteiger charge is -2.23. The molecule has 1 rings (SSSR count). The summed E-state index contributed by atoms with van der Waals surface area (Å²) in [6.07, 6.45) is 1.12. The van der Waals surface area contributed by atoms with Crippen LogP contribution in [0.15, 0.2) is 5.16 Å². The molecule has 0 bridgehead atoms. The second-order valence-electron chi connectivity index (χ2n) is 4.52. The zero-order valence-electron chi connectivity index (χ0n) is 10.3. The van der Waals surface area contributed by atoms with Gasteiger partial charge in [0, 0.05) is 21.1 Å². The molecule has 0 aromatic carbocycles. The molecule has 7 heteroatoms. The van der Waals surface area contributed by atoms with Gasteiger partial charge in [-0.2, -0.15) is 0 Å². The Morgan fingerprint density at radius 2 is 1.88 bits per heavy atom. The van der Waals surface area contributed by atoms with Crippen molar-refractivity contribution in [1.82, 2.24) is 9.80 Å². The minimum atomic E-state index is -0.893. The van der Waals surface area contributed by atoms with Crippen LogP contribution in [0.5, 0.6) is 0 Å². The van der Waals surface area contributed by atoms with Crippen molar-refractivity contribution in [2.75, 3.05) is 27.7 Å². The highest BCUT2D eigenvalue weighted by molar-refractivity contribution is 6.09. The Kier molecular flexibility index (Phi) is 3.59. The van der Waals surface area contributed by atoms with Crippen molar-refractivity contribution in [3.8, 4) is 0 Å². The molecule has 17 heavy (non-hydrogen) atoms. The number of nitrogens with two attached hydrogens (primary N) is 1. The number of hydrogen-bond acceptors (Lipinski definition) is 4. The maximum atomic E-state index is 12.1. The van der Waals surface area contributed by atoms with Crippen LogP contribution < -0.4 is 5.73 Å². The molecule has 1 saturated carbocycles. The van der Waals surface area contributed by atoms with Gasteiger partial charge >= 0.3 is 0 Å². The van der Waals surface area contributed by atoms with Gasteiger partial charge in [0.25, 0.3) is 0 Å². The van der Waals surface area contributed by atoms with Crippen LogP contribution in [0.1, 0.15) is 12.8 Å². The van der Waals surface area contributed by atoms with E-state index in [2.05, 4.69) is 5.16 Å². The fourth-order valence-corrected chi connectivity index (χ4v) is 1.58. The van der Waals surface area contributed by atoms with Crippen LogP contribution in [0, 0.1) is 5.41 Å². The zero-order chi connectivity index (χ0) is 13.2. The van der Waals surface area contributed by atoms with Crippen molar-refractivity contribution >= 4 is 17.6 Å². The number of nitrogens with zero attached hydrogens (tertiary/aromatic N) is 3. The molecule has 0 radical (unpaired) electrons. The largest absolute Gasteiger partial charge is 0.409 e. The van der Waals surface area contributed by atoms with Crippen molar-refractivity contribution < 1.29 is 14.8 Å². The molecule has 0 aromatic heterocycles. The van der Waals surface area contributed by atoms with Crippen LogP contribution in [0.3, 0.4) is 0 Å². The number of carbonyl (C=O) groups is 2. The van der Waals surface area contributed by atoms with Crippen molar-refractivity contribution in [2.24, 2.45) is 16.3 Å². The van der Waals surface area contributed by atoms with Crippen LogP contribution in [0.25, 0.3) is 0 Å². The second kappa shape index (κ2) is 4.60. The van der Waals surface area contributed by atoms with Gasteiger partial charge in [-0.05, 0) is 12.8 Å². The minimum Gasteiger partial charge on any atom is -0.409 e. The first-order valence-electron chi connectivity index (χ1n) is 5.29. The standard InChI is InChI=1S/C10H18N4O3/c1-13(2)7(15)6-14(3)9(16)10(4-5-10)8(11)12-17/h17H,4-6H2,1-3H3,(H2,11,12). The van der Waals surface area contributed by atoms with Crippen LogP contribution >= 0.6 is 0 Å². The minimum absolute atomic E-state index is 0.00765. The molecule has 1 aliphatic rings. The van der Waals surface area contributed by atoms with Crippen LogP contribution in [0.4, 0.5) is 0 Å². The van der Waals surface area contributed by atoms with E-state index in [0.717, 1.165) is 0 Å². The van der Waals surface area contributed by atoms with Crippen LogP contribution in [-0.4, -0.2) is 60.3 Å². The normalized spacial score (nSPS) is 17.5. The first-order valence-corrected chi connectivity index (χ1v) is 5.29. The summed E-state index contributed by atoms with van der Waals surface area (Å²) in [5, 5.41) is 11.5. The summed E-state index contributed by atoms with van der Waals surface area (Å²) in [7, 11) is 4.78. The fraction of sp³-hybridized carbons (Fsp3) is 0.700. The van der Waals surface area contributed by atoms with E-state index in [0.29, 0.717) is 12.8 Å². The number of hydrogen-bond donors (Lipinski definition) is 2. The van der Waals surface area contributed by atoms with E-state index in [1.807, 2.05) is 0 Å². The summed E-state index contributed by atoms with van der Waals surface area (Å²) in [5.74, 6) is -0.522. The quantitative estimate of drug-likeness (QED) is 0.287.